The Balaban J connectivity index is 0.000000201. The molecule has 221 valence electrons. The molecule has 0 aliphatic rings. The van der Waals surface area contributed by atoms with Gasteiger partial charge in [-0.2, -0.15) is 0 Å². The van der Waals surface area contributed by atoms with Gasteiger partial charge in [0.1, 0.15) is 0 Å². The minimum atomic E-state index is 0. The van der Waals surface area contributed by atoms with Crippen molar-refractivity contribution in [3.8, 4) is 0 Å². The molecule has 3 heterocycles. The standard InChI is InChI=1S/C25H13N2.C13H24O2.Ir/c1-2-8-16-15(7-1)13-19-17-9-3-5-11-21(17)27-22-12-6-4-10-18(22)20-14-26-24(16)23(19)25(20)27;1-5-10(6-2)12(14)9-13(15)11(7-3)8-4;/h1-7,9-14H;9-11,14H,5-8H2,1-4H3;/q-1;;/b;12-9-;. The van der Waals surface area contributed by atoms with Gasteiger partial charge in [-0.05, 0) is 54.1 Å². The first kappa shape index (κ1) is 30.7. The molecule has 0 saturated heterocycles. The van der Waals surface area contributed by atoms with Crippen molar-refractivity contribution in [1.29, 1.82) is 0 Å². The van der Waals surface area contributed by atoms with E-state index in [-0.39, 0.29) is 43.5 Å². The first-order valence-electron chi connectivity index (χ1n) is 15.2. The predicted molar refractivity (Wildman–Crippen MR) is 177 cm³/mol. The van der Waals surface area contributed by atoms with Gasteiger partial charge in [-0.3, -0.25) is 4.79 Å². The van der Waals surface area contributed by atoms with Crippen molar-refractivity contribution in [1.82, 2.24) is 9.38 Å². The topological polar surface area (TPSA) is 54.6 Å². The Morgan fingerprint density at radius 1 is 0.837 bits per heavy atom. The number of carbonyl (C=O) groups excluding carboxylic acids is 1. The zero-order valence-corrected chi connectivity index (χ0v) is 27.5. The maximum absolute atomic E-state index is 11.7. The van der Waals surface area contributed by atoms with Gasteiger partial charge in [0, 0.05) is 60.4 Å². The summed E-state index contributed by atoms with van der Waals surface area (Å²) in [6.07, 6.45) is 6.94. The number of pyridine rings is 2. The fourth-order valence-electron chi connectivity index (χ4n) is 6.53. The van der Waals surface area contributed by atoms with Crippen LogP contribution in [-0.4, -0.2) is 20.3 Å². The second-order valence-corrected chi connectivity index (χ2v) is 11.2. The van der Waals surface area contributed by atoms with Crippen LogP contribution in [0.1, 0.15) is 53.4 Å². The van der Waals surface area contributed by atoms with Crippen LogP contribution >= 0.6 is 0 Å². The van der Waals surface area contributed by atoms with Crippen molar-refractivity contribution in [2.45, 2.75) is 53.4 Å². The maximum atomic E-state index is 11.7. The molecule has 7 rings (SSSR count). The van der Waals surface area contributed by atoms with Gasteiger partial charge in [0.25, 0.3) is 0 Å². The Kier molecular flexibility index (Phi) is 9.15. The number of fused-ring (bicyclic) bond motifs is 8. The van der Waals surface area contributed by atoms with E-state index in [2.05, 4.69) is 71.1 Å². The number of aliphatic hydroxyl groups is 1. The summed E-state index contributed by atoms with van der Waals surface area (Å²) >= 11 is 0. The van der Waals surface area contributed by atoms with E-state index in [0.29, 0.717) is 0 Å². The van der Waals surface area contributed by atoms with E-state index in [1.54, 1.807) is 0 Å². The maximum Gasteiger partial charge on any atom is 0.162 e. The van der Waals surface area contributed by atoms with Gasteiger partial charge in [0.15, 0.2) is 5.78 Å². The fraction of sp³-hybridized carbons (Fsp3) is 0.263. The minimum Gasteiger partial charge on any atom is -0.512 e. The molecule has 1 N–H and O–H groups in total. The molecule has 7 aromatic rings. The van der Waals surface area contributed by atoms with Crippen LogP contribution in [0.5, 0.6) is 0 Å². The summed E-state index contributed by atoms with van der Waals surface area (Å²) in [6, 6.07) is 29.2. The van der Waals surface area contributed by atoms with Gasteiger partial charge < -0.3 is 14.5 Å². The molecular weight excluding hydrogens is 709 g/mol. The van der Waals surface area contributed by atoms with Crippen LogP contribution in [0, 0.1) is 17.9 Å². The molecule has 0 aliphatic carbocycles. The number of hydrogen-bond acceptors (Lipinski definition) is 3. The third-order valence-corrected chi connectivity index (χ3v) is 8.92. The molecule has 0 saturated carbocycles. The number of allylic oxidation sites excluding steroid dienone is 2. The Labute approximate surface area is 266 Å². The largest absolute Gasteiger partial charge is 0.512 e. The molecule has 0 fully saturated rings. The monoisotopic (exact) mass is 746 g/mol. The number of nitrogens with zero attached hydrogens (tertiary/aromatic N) is 2. The van der Waals surface area contributed by atoms with Crippen molar-refractivity contribution in [3.05, 3.63) is 96.9 Å². The normalized spacial score (nSPS) is 12.2. The Morgan fingerprint density at radius 3 is 2.07 bits per heavy atom. The van der Waals surface area contributed by atoms with Crippen molar-refractivity contribution in [3.63, 3.8) is 0 Å². The number of para-hydroxylation sites is 2. The number of aliphatic hydroxyl groups excluding tert-OH is 1. The molecule has 0 amide bonds. The van der Waals surface area contributed by atoms with E-state index in [4.69, 9.17) is 4.98 Å². The number of hydrogen-bond donors (Lipinski definition) is 1. The molecule has 5 heteroatoms. The molecule has 4 aromatic carbocycles. The Bertz CT molecular complexity index is 2080. The van der Waals surface area contributed by atoms with Crippen molar-refractivity contribution < 1.29 is 30.0 Å². The molecule has 0 aliphatic heterocycles. The van der Waals surface area contributed by atoms with Gasteiger partial charge in [0.2, 0.25) is 0 Å². The molecule has 0 bridgehead atoms. The third-order valence-electron chi connectivity index (χ3n) is 8.92. The van der Waals surface area contributed by atoms with E-state index < -0.39 is 0 Å². The predicted octanol–water partition coefficient (Wildman–Crippen LogP) is 10.2. The van der Waals surface area contributed by atoms with Gasteiger partial charge in [-0.1, -0.05) is 70.2 Å². The van der Waals surface area contributed by atoms with Gasteiger partial charge in [0.05, 0.1) is 22.3 Å². The van der Waals surface area contributed by atoms with Crippen molar-refractivity contribution in [2.24, 2.45) is 11.8 Å². The van der Waals surface area contributed by atoms with Crippen LogP contribution in [0.4, 0.5) is 0 Å². The van der Waals surface area contributed by atoms with E-state index in [0.717, 1.165) is 36.6 Å². The molecule has 43 heavy (non-hydrogen) atoms. The van der Waals surface area contributed by atoms with Gasteiger partial charge in [-0.25, -0.2) is 0 Å². The second kappa shape index (κ2) is 12.8. The summed E-state index contributed by atoms with van der Waals surface area (Å²) in [5, 5.41) is 18.3. The number of ketones is 1. The minimum absolute atomic E-state index is 0. The zero-order valence-electron chi connectivity index (χ0n) is 25.1. The summed E-state index contributed by atoms with van der Waals surface area (Å²) in [4.78, 5) is 16.6. The Morgan fingerprint density at radius 2 is 1.44 bits per heavy atom. The van der Waals surface area contributed by atoms with E-state index in [1.165, 1.54) is 54.9 Å². The number of aromatic nitrogens is 2. The Hall–Kier alpha value is -3.79. The molecule has 0 atom stereocenters. The van der Waals surface area contributed by atoms with Crippen LogP contribution in [-0.2, 0) is 24.9 Å². The molecule has 0 spiro atoms. The second-order valence-electron chi connectivity index (χ2n) is 11.2. The quantitative estimate of drug-likeness (QED) is 0.0581. The molecular formula is C38H37IrN2O2-. The van der Waals surface area contributed by atoms with E-state index in [1.807, 2.05) is 46.0 Å². The summed E-state index contributed by atoms with van der Waals surface area (Å²) < 4.78 is 2.41. The molecule has 0 unspecified atom stereocenters. The number of carbonyl (C=O) groups is 1. The summed E-state index contributed by atoms with van der Waals surface area (Å²) in [6.45, 7) is 8.07. The van der Waals surface area contributed by atoms with Crippen LogP contribution in [0.15, 0.2) is 90.8 Å². The summed E-state index contributed by atoms with van der Waals surface area (Å²) in [5.41, 5.74) is 4.77. The summed E-state index contributed by atoms with van der Waals surface area (Å²) in [5.74, 6) is 0.547. The zero-order chi connectivity index (χ0) is 29.4. The SMILES string of the molecule is CCC(CC)C(=O)/C=C(\O)C(CC)CC.[Ir].[c-]1cccc2cc3c4ccccc4n4c5ccccc5c5cnc(c12)c3c54. The van der Waals surface area contributed by atoms with Crippen molar-refractivity contribution in [2.75, 3.05) is 0 Å². The molecule has 4 nitrogen and oxygen atoms in total. The number of rotatable bonds is 7. The third kappa shape index (κ3) is 5.19. The molecule has 3 aromatic heterocycles. The van der Waals surface area contributed by atoms with E-state index >= 15 is 0 Å². The van der Waals surface area contributed by atoms with Crippen LogP contribution in [0.2, 0.25) is 0 Å². The van der Waals surface area contributed by atoms with Crippen LogP contribution in [0.25, 0.3) is 59.8 Å². The average Bonchev–Trinajstić information content (AvgIpc) is 3.37. The average molecular weight is 746 g/mol. The first-order valence-corrected chi connectivity index (χ1v) is 15.2. The number of benzene rings is 4. The van der Waals surface area contributed by atoms with Crippen LogP contribution < -0.4 is 0 Å². The molecule has 1 radical (unpaired) electrons. The first-order chi connectivity index (χ1) is 20.5. The van der Waals surface area contributed by atoms with Crippen LogP contribution in [0.3, 0.4) is 0 Å². The fourth-order valence-corrected chi connectivity index (χ4v) is 6.53. The van der Waals surface area contributed by atoms with Gasteiger partial charge in [-0.15, -0.1) is 35.0 Å². The smallest absolute Gasteiger partial charge is 0.162 e. The summed E-state index contributed by atoms with van der Waals surface area (Å²) in [7, 11) is 0. The van der Waals surface area contributed by atoms with Crippen molar-refractivity contribution >= 4 is 65.6 Å². The van der Waals surface area contributed by atoms with E-state index in [9.17, 15) is 9.90 Å². The van der Waals surface area contributed by atoms with Gasteiger partial charge >= 0.3 is 0 Å².